The normalized spacial score (nSPS) is 12.4. The van der Waals surface area contributed by atoms with E-state index >= 15 is 0 Å². The number of rotatable bonds is 6. The van der Waals surface area contributed by atoms with E-state index in [9.17, 15) is 15.0 Å². The Morgan fingerprint density at radius 2 is 1.95 bits per heavy atom. The Balaban J connectivity index is 2.49. The third kappa shape index (κ3) is 5.18. The molecule has 106 valence electrons. The van der Waals surface area contributed by atoms with Gasteiger partial charge in [0.05, 0.1) is 6.54 Å². The van der Waals surface area contributed by atoms with Crippen molar-refractivity contribution in [2.45, 2.75) is 26.8 Å². The summed E-state index contributed by atoms with van der Waals surface area (Å²) in [5.74, 6) is 0.516. The molecule has 0 aliphatic carbocycles. The molecular formula is C14H22N2O3. The fourth-order valence-electron chi connectivity index (χ4n) is 1.62. The van der Waals surface area contributed by atoms with Crippen LogP contribution in [0.5, 0.6) is 11.5 Å². The number of nitrogens with one attached hydrogen (secondary N) is 2. The van der Waals surface area contributed by atoms with Gasteiger partial charge in [-0.1, -0.05) is 13.8 Å². The van der Waals surface area contributed by atoms with Crippen LogP contribution in [0, 0.1) is 5.92 Å². The van der Waals surface area contributed by atoms with Crippen LogP contribution in [0.15, 0.2) is 18.2 Å². The van der Waals surface area contributed by atoms with Crippen LogP contribution in [0.1, 0.15) is 32.4 Å². The van der Waals surface area contributed by atoms with Crippen molar-refractivity contribution >= 4 is 5.91 Å². The summed E-state index contributed by atoms with van der Waals surface area (Å²) in [5.41, 5.74) is 0.566. The number of aromatic hydroxyl groups is 2. The Labute approximate surface area is 113 Å². The van der Waals surface area contributed by atoms with Crippen LogP contribution < -0.4 is 10.6 Å². The van der Waals surface area contributed by atoms with E-state index < -0.39 is 0 Å². The lowest BCUT2D eigenvalue weighted by Crippen LogP contribution is -2.36. The van der Waals surface area contributed by atoms with E-state index in [4.69, 9.17) is 0 Å². The van der Waals surface area contributed by atoms with E-state index in [2.05, 4.69) is 10.6 Å². The predicted molar refractivity (Wildman–Crippen MR) is 74.0 cm³/mol. The molecule has 0 saturated carbocycles. The topological polar surface area (TPSA) is 81.6 Å². The Kier molecular flexibility index (Phi) is 5.63. The van der Waals surface area contributed by atoms with Crippen LogP contribution in [0.3, 0.4) is 0 Å². The van der Waals surface area contributed by atoms with Crippen LogP contribution in [0.4, 0.5) is 0 Å². The molecule has 5 heteroatoms. The van der Waals surface area contributed by atoms with Crippen molar-refractivity contribution in [2.24, 2.45) is 5.92 Å². The van der Waals surface area contributed by atoms with Gasteiger partial charge < -0.3 is 20.8 Å². The maximum absolute atomic E-state index is 11.5. The highest BCUT2D eigenvalue weighted by molar-refractivity contribution is 5.78. The molecule has 0 aromatic heterocycles. The number of phenols is 2. The molecule has 0 bridgehead atoms. The van der Waals surface area contributed by atoms with Crippen LogP contribution in [0.25, 0.3) is 0 Å². The van der Waals surface area contributed by atoms with Crippen LogP contribution in [-0.2, 0) is 4.79 Å². The molecule has 1 aromatic carbocycles. The van der Waals surface area contributed by atoms with Gasteiger partial charge in [-0.15, -0.1) is 0 Å². The summed E-state index contributed by atoms with van der Waals surface area (Å²) in [7, 11) is 0. The first-order valence-corrected chi connectivity index (χ1v) is 6.42. The molecule has 4 N–H and O–H groups in total. The van der Waals surface area contributed by atoms with Crippen LogP contribution >= 0.6 is 0 Å². The van der Waals surface area contributed by atoms with Crippen molar-refractivity contribution in [2.75, 3.05) is 13.1 Å². The second kappa shape index (κ2) is 6.99. The van der Waals surface area contributed by atoms with E-state index in [0.29, 0.717) is 18.0 Å². The van der Waals surface area contributed by atoms with E-state index in [1.807, 2.05) is 20.8 Å². The molecule has 1 rings (SSSR count). The minimum Gasteiger partial charge on any atom is -0.508 e. The van der Waals surface area contributed by atoms with Crippen LogP contribution in [0.2, 0.25) is 0 Å². The Morgan fingerprint density at radius 1 is 1.26 bits per heavy atom. The van der Waals surface area contributed by atoms with E-state index in [1.54, 1.807) is 0 Å². The molecule has 5 nitrogen and oxygen atoms in total. The molecule has 19 heavy (non-hydrogen) atoms. The summed E-state index contributed by atoms with van der Waals surface area (Å²) in [6.07, 6.45) is 0. The number of phenolic OH excluding ortho intramolecular Hbond substituents is 2. The molecule has 1 atom stereocenters. The summed E-state index contributed by atoms with van der Waals surface area (Å²) in [6, 6.07) is 4.11. The van der Waals surface area contributed by atoms with Crippen molar-refractivity contribution < 1.29 is 15.0 Å². The summed E-state index contributed by atoms with van der Waals surface area (Å²) in [5, 5.41) is 24.9. The molecule has 0 aliphatic rings. The Bertz CT molecular complexity index is 433. The molecule has 0 saturated heterocycles. The summed E-state index contributed by atoms with van der Waals surface area (Å²) < 4.78 is 0. The van der Waals surface area contributed by atoms with Gasteiger partial charge in [-0.05, 0) is 31.0 Å². The standard InChI is InChI=1S/C14H22N2O3/c1-9(2)7-16-14(19)8-15-10(3)12-6-11(17)4-5-13(12)18/h4-6,9-10,15,17-18H,7-8H2,1-3H3,(H,16,19). The predicted octanol–water partition coefficient (Wildman–Crippen LogP) is 1.52. The third-order valence-corrected chi connectivity index (χ3v) is 2.75. The number of amides is 1. The third-order valence-electron chi connectivity index (χ3n) is 2.75. The summed E-state index contributed by atoms with van der Waals surface area (Å²) >= 11 is 0. The van der Waals surface area contributed by atoms with Crippen molar-refractivity contribution in [1.29, 1.82) is 0 Å². The lowest BCUT2D eigenvalue weighted by Gasteiger charge is -2.16. The average molecular weight is 266 g/mol. The molecule has 0 radical (unpaired) electrons. The van der Waals surface area contributed by atoms with E-state index in [0.717, 1.165) is 0 Å². The van der Waals surface area contributed by atoms with Gasteiger partial charge >= 0.3 is 0 Å². The molecule has 0 fully saturated rings. The van der Waals surface area contributed by atoms with Gasteiger partial charge in [-0.2, -0.15) is 0 Å². The second-order valence-electron chi connectivity index (χ2n) is 5.04. The highest BCUT2D eigenvalue weighted by Crippen LogP contribution is 2.27. The second-order valence-corrected chi connectivity index (χ2v) is 5.04. The maximum Gasteiger partial charge on any atom is 0.233 e. The number of carbonyl (C=O) groups excluding carboxylic acids is 1. The Hall–Kier alpha value is -1.75. The maximum atomic E-state index is 11.5. The fraction of sp³-hybridized carbons (Fsp3) is 0.500. The number of hydrogen-bond donors (Lipinski definition) is 4. The largest absolute Gasteiger partial charge is 0.508 e. The number of benzene rings is 1. The molecule has 0 heterocycles. The van der Waals surface area contributed by atoms with Gasteiger partial charge in [-0.3, -0.25) is 4.79 Å². The minimum absolute atomic E-state index is 0.0832. The minimum atomic E-state index is -0.225. The molecular weight excluding hydrogens is 244 g/mol. The smallest absolute Gasteiger partial charge is 0.233 e. The van der Waals surface area contributed by atoms with Crippen molar-refractivity contribution in [3.05, 3.63) is 23.8 Å². The zero-order valence-corrected chi connectivity index (χ0v) is 11.6. The lowest BCUT2D eigenvalue weighted by molar-refractivity contribution is -0.120. The van der Waals surface area contributed by atoms with Gasteiger partial charge in [0.1, 0.15) is 11.5 Å². The number of carbonyl (C=O) groups is 1. The van der Waals surface area contributed by atoms with Gasteiger partial charge in [0.15, 0.2) is 0 Å². The van der Waals surface area contributed by atoms with Crippen molar-refractivity contribution in [3.8, 4) is 11.5 Å². The average Bonchev–Trinajstić information content (AvgIpc) is 2.36. The van der Waals surface area contributed by atoms with Gasteiger partial charge in [0, 0.05) is 18.2 Å². The van der Waals surface area contributed by atoms with Gasteiger partial charge in [0.25, 0.3) is 0 Å². The number of hydrogen-bond acceptors (Lipinski definition) is 4. The SMILES string of the molecule is CC(C)CNC(=O)CNC(C)c1cc(O)ccc1O. The fourth-order valence-corrected chi connectivity index (χ4v) is 1.62. The Morgan fingerprint density at radius 3 is 2.58 bits per heavy atom. The van der Waals surface area contributed by atoms with Crippen molar-refractivity contribution in [3.63, 3.8) is 0 Å². The highest BCUT2D eigenvalue weighted by atomic mass is 16.3. The van der Waals surface area contributed by atoms with Gasteiger partial charge in [0.2, 0.25) is 5.91 Å². The first-order chi connectivity index (χ1) is 8.90. The summed E-state index contributed by atoms with van der Waals surface area (Å²) in [6.45, 7) is 6.70. The van der Waals surface area contributed by atoms with Gasteiger partial charge in [-0.25, -0.2) is 0 Å². The zero-order valence-electron chi connectivity index (χ0n) is 11.6. The molecule has 1 aromatic rings. The first-order valence-electron chi connectivity index (χ1n) is 6.42. The molecule has 0 aliphatic heterocycles. The summed E-state index contributed by atoms with van der Waals surface area (Å²) in [4.78, 5) is 11.5. The lowest BCUT2D eigenvalue weighted by atomic mass is 10.1. The van der Waals surface area contributed by atoms with E-state index in [-0.39, 0.29) is 30.0 Å². The molecule has 0 spiro atoms. The quantitative estimate of drug-likeness (QED) is 0.588. The monoisotopic (exact) mass is 266 g/mol. The molecule has 1 unspecified atom stereocenters. The van der Waals surface area contributed by atoms with E-state index in [1.165, 1.54) is 18.2 Å². The van der Waals surface area contributed by atoms with Crippen LogP contribution in [-0.4, -0.2) is 29.2 Å². The van der Waals surface area contributed by atoms with Crippen molar-refractivity contribution in [1.82, 2.24) is 10.6 Å². The highest BCUT2D eigenvalue weighted by Gasteiger charge is 2.12. The first kappa shape index (κ1) is 15.3. The molecule has 1 amide bonds. The zero-order chi connectivity index (χ0) is 14.4.